The first kappa shape index (κ1) is 15.3. The zero-order valence-electron chi connectivity index (χ0n) is 13.0. The van der Waals surface area contributed by atoms with Crippen molar-refractivity contribution in [2.75, 3.05) is 6.54 Å². The number of carboxylic acid groups (broad SMARTS) is 1. The topological polar surface area (TPSA) is 66.4 Å². The normalized spacial score (nSPS) is 33.4. The van der Waals surface area contributed by atoms with Crippen LogP contribution in [0, 0.1) is 23.7 Å². The summed E-state index contributed by atoms with van der Waals surface area (Å²) in [5.74, 6) is -1.70. The van der Waals surface area contributed by atoms with Gasteiger partial charge in [-0.2, -0.15) is 0 Å². The maximum absolute atomic E-state index is 12.5. The molecule has 0 aromatic carbocycles. The summed E-state index contributed by atoms with van der Waals surface area (Å²) in [4.78, 5) is 24.1. The second-order valence-corrected chi connectivity index (χ2v) is 6.83. The highest BCUT2D eigenvalue weighted by Gasteiger charge is 2.47. The van der Waals surface area contributed by atoms with Gasteiger partial charge >= 0.3 is 5.97 Å². The lowest BCUT2D eigenvalue weighted by Gasteiger charge is -2.41. The highest BCUT2D eigenvalue weighted by molar-refractivity contribution is 5.86. The summed E-state index contributed by atoms with van der Waals surface area (Å²) in [6, 6.07) is 0. The van der Waals surface area contributed by atoms with E-state index in [1.165, 1.54) is 18.4 Å². The summed E-state index contributed by atoms with van der Waals surface area (Å²) in [6.07, 6.45) is 13.9. The van der Waals surface area contributed by atoms with Gasteiger partial charge in [0.1, 0.15) is 0 Å². The third kappa shape index (κ3) is 3.11. The van der Waals surface area contributed by atoms with Gasteiger partial charge in [-0.15, -0.1) is 0 Å². The van der Waals surface area contributed by atoms with Crippen molar-refractivity contribution < 1.29 is 14.7 Å². The van der Waals surface area contributed by atoms with Crippen molar-refractivity contribution in [3.63, 3.8) is 0 Å². The third-order valence-electron chi connectivity index (χ3n) is 5.47. The number of carbonyl (C=O) groups is 2. The first-order valence-corrected chi connectivity index (χ1v) is 8.53. The lowest BCUT2D eigenvalue weighted by molar-refractivity contribution is -0.152. The van der Waals surface area contributed by atoms with Gasteiger partial charge in [0.05, 0.1) is 11.8 Å². The maximum Gasteiger partial charge on any atom is 0.307 e. The third-order valence-corrected chi connectivity index (χ3v) is 5.47. The molecule has 4 rings (SSSR count). The van der Waals surface area contributed by atoms with Crippen molar-refractivity contribution in [3.05, 3.63) is 23.8 Å². The minimum absolute atomic E-state index is 0.0271. The van der Waals surface area contributed by atoms with Gasteiger partial charge in [-0.25, -0.2) is 0 Å². The molecule has 0 aliphatic heterocycles. The molecule has 0 aromatic rings. The highest BCUT2D eigenvalue weighted by Crippen LogP contribution is 2.45. The van der Waals surface area contributed by atoms with Crippen LogP contribution in [0.3, 0.4) is 0 Å². The SMILES string of the molecule is O=C(NCCC1=CCCCC1)[C@@H]1[C@H](C(=O)O)[C@H]2C=C[C@H]1CC2. The fraction of sp³-hybridized carbons (Fsp3) is 0.667. The molecule has 2 bridgehead atoms. The van der Waals surface area contributed by atoms with Crippen LogP contribution in [0.5, 0.6) is 0 Å². The summed E-state index contributed by atoms with van der Waals surface area (Å²) in [7, 11) is 0. The van der Waals surface area contributed by atoms with Crippen molar-refractivity contribution in [2.24, 2.45) is 23.7 Å². The Morgan fingerprint density at radius 1 is 1.14 bits per heavy atom. The molecule has 120 valence electrons. The second kappa shape index (κ2) is 6.67. The van der Waals surface area contributed by atoms with Crippen molar-refractivity contribution in [3.8, 4) is 0 Å². The zero-order valence-corrected chi connectivity index (χ0v) is 13.0. The Morgan fingerprint density at radius 2 is 1.86 bits per heavy atom. The lowest BCUT2D eigenvalue weighted by atomic mass is 9.62. The average molecular weight is 303 g/mol. The molecule has 0 unspecified atom stereocenters. The Hall–Kier alpha value is -1.58. The van der Waals surface area contributed by atoms with Crippen LogP contribution < -0.4 is 5.32 Å². The van der Waals surface area contributed by atoms with Crippen molar-refractivity contribution in [1.29, 1.82) is 0 Å². The summed E-state index contributed by atoms with van der Waals surface area (Å²) < 4.78 is 0. The molecule has 0 aromatic heterocycles. The van der Waals surface area contributed by atoms with Crippen molar-refractivity contribution >= 4 is 11.9 Å². The molecule has 4 nitrogen and oxygen atoms in total. The molecule has 1 fully saturated rings. The number of allylic oxidation sites excluding steroid dienone is 3. The number of amides is 1. The predicted molar refractivity (Wildman–Crippen MR) is 84.1 cm³/mol. The van der Waals surface area contributed by atoms with Crippen LogP contribution in [0.4, 0.5) is 0 Å². The van der Waals surface area contributed by atoms with E-state index in [2.05, 4.69) is 17.5 Å². The fourth-order valence-electron chi connectivity index (χ4n) is 4.28. The number of hydrogen-bond donors (Lipinski definition) is 2. The molecule has 4 atom stereocenters. The molecular formula is C18H25NO3. The number of nitrogens with one attached hydrogen (secondary N) is 1. The Labute approximate surface area is 131 Å². The smallest absolute Gasteiger partial charge is 0.307 e. The molecule has 1 amide bonds. The summed E-state index contributed by atoms with van der Waals surface area (Å²) in [6.45, 7) is 0.634. The van der Waals surface area contributed by atoms with Crippen LogP contribution in [-0.4, -0.2) is 23.5 Å². The predicted octanol–water partition coefficient (Wildman–Crippen LogP) is 2.91. The molecule has 0 spiro atoms. The maximum atomic E-state index is 12.5. The Balaban J connectivity index is 1.57. The van der Waals surface area contributed by atoms with Crippen LogP contribution in [0.2, 0.25) is 0 Å². The van der Waals surface area contributed by atoms with Crippen LogP contribution in [0.25, 0.3) is 0 Å². The zero-order chi connectivity index (χ0) is 15.5. The average Bonchev–Trinajstić information content (AvgIpc) is 2.55. The number of carbonyl (C=O) groups excluding carboxylic acids is 1. The van der Waals surface area contributed by atoms with E-state index >= 15 is 0 Å². The Bertz CT molecular complexity index is 508. The summed E-state index contributed by atoms with van der Waals surface area (Å²) in [5, 5.41) is 12.5. The number of carboxylic acids is 1. The van der Waals surface area contributed by atoms with Crippen LogP contribution in [-0.2, 0) is 9.59 Å². The molecular weight excluding hydrogens is 278 g/mol. The van der Waals surface area contributed by atoms with Gasteiger partial charge in [-0.1, -0.05) is 23.8 Å². The minimum atomic E-state index is -0.825. The molecule has 4 heteroatoms. The van der Waals surface area contributed by atoms with E-state index in [-0.39, 0.29) is 23.7 Å². The quantitative estimate of drug-likeness (QED) is 0.767. The largest absolute Gasteiger partial charge is 0.481 e. The van der Waals surface area contributed by atoms with E-state index in [4.69, 9.17) is 0 Å². The standard InChI is InChI=1S/C18H25NO3/c20-17(19-11-10-12-4-2-1-3-5-12)15-13-6-8-14(9-7-13)16(15)18(21)22/h4,6,8,13-16H,1-3,5,7,9-11H2,(H,19,20)(H,21,22)/t13-,14-,15-,16+/m0/s1. The van der Waals surface area contributed by atoms with Gasteiger partial charge in [0.25, 0.3) is 0 Å². The van der Waals surface area contributed by atoms with Crippen molar-refractivity contribution in [1.82, 2.24) is 5.32 Å². The van der Waals surface area contributed by atoms with E-state index in [1.807, 2.05) is 6.08 Å². The van der Waals surface area contributed by atoms with E-state index in [0.717, 1.165) is 32.1 Å². The van der Waals surface area contributed by atoms with Crippen LogP contribution >= 0.6 is 0 Å². The Morgan fingerprint density at radius 3 is 2.45 bits per heavy atom. The van der Waals surface area contributed by atoms with E-state index in [0.29, 0.717) is 6.54 Å². The molecule has 0 heterocycles. The van der Waals surface area contributed by atoms with Gasteiger partial charge in [0.2, 0.25) is 5.91 Å². The van der Waals surface area contributed by atoms with Gasteiger partial charge in [-0.3, -0.25) is 9.59 Å². The fourth-order valence-corrected chi connectivity index (χ4v) is 4.28. The number of aliphatic carboxylic acids is 1. The Kier molecular flexibility index (Phi) is 4.65. The van der Waals surface area contributed by atoms with Gasteiger partial charge < -0.3 is 10.4 Å². The van der Waals surface area contributed by atoms with Crippen LogP contribution in [0.15, 0.2) is 23.8 Å². The number of hydrogen-bond acceptors (Lipinski definition) is 2. The van der Waals surface area contributed by atoms with E-state index in [1.54, 1.807) is 0 Å². The van der Waals surface area contributed by atoms with Crippen LogP contribution in [0.1, 0.15) is 44.9 Å². The molecule has 1 saturated carbocycles. The van der Waals surface area contributed by atoms with Gasteiger partial charge in [0.15, 0.2) is 0 Å². The summed E-state index contributed by atoms with van der Waals surface area (Å²) in [5.41, 5.74) is 1.44. The number of fused-ring (bicyclic) bond motifs is 2. The molecule has 22 heavy (non-hydrogen) atoms. The highest BCUT2D eigenvalue weighted by atomic mass is 16.4. The van der Waals surface area contributed by atoms with Gasteiger partial charge in [0, 0.05) is 6.54 Å². The molecule has 4 aliphatic rings. The minimum Gasteiger partial charge on any atom is -0.481 e. The van der Waals surface area contributed by atoms with E-state index in [9.17, 15) is 14.7 Å². The first-order valence-electron chi connectivity index (χ1n) is 8.53. The lowest BCUT2D eigenvalue weighted by Crippen LogP contribution is -2.49. The monoisotopic (exact) mass is 303 g/mol. The second-order valence-electron chi connectivity index (χ2n) is 6.83. The molecule has 4 aliphatic carbocycles. The van der Waals surface area contributed by atoms with E-state index < -0.39 is 11.9 Å². The first-order chi connectivity index (χ1) is 10.7. The molecule has 0 radical (unpaired) electrons. The molecule has 2 N–H and O–H groups in total. The summed E-state index contributed by atoms with van der Waals surface area (Å²) >= 11 is 0. The van der Waals surface area contributed by atoms with Crippen molar-refractivity contribution in [2.45, 2.75) is 44.9 Å². The van der Waals surface area contributed by atoms with Gasteiger partial charge in [-0.05, 0) is 56.8 Å². The molecule has 0 saturated heterocycles. The number of rotatable bonds is 5.